The Labute approximate surface area is 108 Å². The topological polar surface area (TPSA) is 50.4 Å². The van der Waals surface area contributed by atoms with Crippen LogP contribution in [0.15, 0.2) is 18.2 Å². The van der Waals surface area contributed by atoms with Gasteiger partial charge in [0, 0.05) is 18.2 Å². The van der Waals surface area contributed by atoms with Crippen LogP contribution in [0.2, 0.25) is 0 Å². The zero-order chi connectivity index (χ0) is 12.8. The number of hydrogen-bond donors (Lipinski definition) is 2. The van der Waals surface area contributed by atoms with E-state index in [1.165, 1.54) is 5.56 Å². The maximum atomic E-state index is 11.3. The van der Waals surface area contributed by atoms with Crippen LogP contribution >= 0.6 is 0 Å². The first-order valence-corrected chi connectivity index (χ1v) is 6.50. The number of amides is 1. The van der Waals surface area contributed by atoms with Crippen molar-refractivity contribution in [3.63, 3.8) is 0 Å². The van der Waals surface area contributed by atoms with E-state index in [1.54, 1.807) is 0 Å². The summed E-state index contributed by atoms with van der Waals surface area (Å²) in [7, 11) is 1.95. The fourth-order valence-electron chi connectivity index (χ4n) is 2.03. The first-order valence-electron chi connectivity index (χ1n) is 6.50. The highest BCUT2D eigenvalue weighted by Gasteiger charge is 2.14. The lowest BCUT2D eigenvalue weighted by Crippen LogP contribution is -2.18. The standard InChI is InChI=1S/C14H20N2O2/c1-15-8-2-3-9-18-12-6-4-11-5-7-14(17)16-13(11)10-12/h4,6,10,15H,2-3,5,7-9H2,1H3,(H,16,17). The molecule has 98 valence electrons. The molecule has 1 aromatic rings. The molecule has 4 heteroatoms. The normalized spacial score (nSPS) is 13.9. The highest BCUT2D eigenvalue weighted by atomic mass is 16.5. The van der Waals surface area contributed by atoms with Crippen molar-refractivity contribution < 1.29 is 9.53 Å². The minimum Gasteiger partial charge on any atom is -0.494 e. The average molecular weight is 248 g/mol. The summed E-state index contributed by atoms with van der Waals surface area (Å²) in [5.74, 6) is 0.925. The van der Waals surface area contributed by atoms with Crippen LogP contribution in [-0.2, 0) is 11.2 Å². The Morgan fingerprint density at radius 1 is 1.33 bits per heavy atom. The number of carbonyl (C=O) groups is 1. The average Bonchev–Trinajstić information content (AvgIpc) is 2.38. The van der Waals surface area contributed by atoms with Crippen molar-refractivity contribution in [1.82, 2.24) is 5.32 Å². The molecule has 0 saturated carbocycles. The minimum atomic E-state index is 0.0914. The Bertz CT molecular complexity index is 418. The molecule has 2 rings (SSSR count). The van der Waals surface area contributed by atoms with Gasteiger partial charge in [-0.2, -0.15) is 0 Å². The molecule has 1 aliphatic heterocycles. The second-order valence-corrected chi connectivity index (χ2v) is 4.53. The van der Waals surface area contributed by atoms with Gasteiger partial charge in [0.05, 0.1) is 6.61 Å². The van der Waals surface area contributed by atoms with Crippen molar-refractivity contribution in [2.24, 2.45) is 0 Å². The van der Waals surface area contributed by atoms with Crippen LogP contribution in [0.1, 0.15) is 24.8 Å². The molecular formula is C14H20N2O2. The molecule has 4 nitrogen and oxygen atoms in total. The van der Waals surface area contributed by atoms with Crippen molar-refractivity contribution in [3.05, 3.63) is 23.8 Å². The fraction of sp³-hybridized carbons (Fsp3) is 0.500. The van der Waals surface area contributed by atoms with Gasteiger partial charge in [0.25, 0.3) is 0 Å². The van der Waals surface area contributed by atoms with Crippen molar-refractivity contribution in [2.45, 2.75) is 25.7 Å². The molecule has 0 radical (unpaired) electrons. The molecule has 0 saturated heterocycles. The summed E-state index contributed by atoms with van der Waals surface area (Å²) in [5, 5.41) is 5.99. The van der Waals surface area contributed by atoms with E-state index >= 15 is 0 Å². The number of rotatable bonds is 6. The molecule has 0 spiro atoms. The van der Waals surface area contributed by atoms with Crippen LogP contribution in [-0.4, -0.2) is 26.1 Å². The number of nitrogens with one attached hydrogen (secondary N) is 2. The largest absolute Gasteiger partial charge is 0.494 e. The fourth-order valence-corrected chi connectivity index (χ4v) is 2.03. The molecule has 0 unspecified atom stereocenters. The quantitative estimate of drug-likeness (QED) is 0.757. The molecule has 0 bridgehead atoms. The van der Waals surface area contributed by atoms with Gasteiger partial charge in [-0.1, -0.05) is 6.07 Å². The van der Waals surface area contributed by atoms with Crippen LogP contribution < -0.4 is 15.4 Å². The number of aryl methyl sites for hydroxylation is 1. The van der Waals surface area contributed by atoms with E-state index in [1.807, 2.05) is 25.2 Å². The number of fused-ring (bicyclic) bond motifs is 1. The third kappa shape index (κ3) is 3.47. The van der Waals surface area contributed by atoms with Crippen LogP contribution in [0.4, 0.5) is 5.69 Å². The molecule has 0 aliphatic carbocycles. The molecule has 0 atom stereocenters. The number of unbranched alkanes of at least 4 members (excludes halogenated alkanes) is 1. The molecule has 18 heavy (non-hydrogen) atoms. The number of hydrogen-bond acceptors (Lipinski definition) is 3. The molecule has 1 amide bonds. The van der Waals surface area contributed by atoms with Crippen LogP contribution in [0, 0.1) is 0 Å². The van der Waals surface area contributed by atoms with E-state index in [0.29, 0.717) is 13.0 Å². The van der Waals surface area contributed by atoms with Gasteiger partial charge in [-0.05, 0) is 44.5 Å². The summed E-state index contributed by atoms with van der Waals surface area (Å²) in [4.78, 5) is 11.3. The van der Waals surface area contributed by atoms with E-state index in [-0.39, 0.29) is 5.91 Å². The minimum absolute atomic E-state index is 0.0914. The lowest BCUT2D eigenvalue weighted by atomic mass is 10.0. The monoisotopic (exact) mass is 248 g/mol. The van der Waals surface area contributed by atoms with Gasteiger partial charge in [0.15, 0.2) is 0 Å². The van der Waals surface area contributed by atoms with Crippen molar-refractivity contribution in [2.75, 3.05) is 25.5 Å². The van der Waals surface area contributed by atoms with Gasteiger partial charge in [-0.3, -0.25) is 4.79 Å². The van der Waals surface area contributed by atoms with Crippen molar-refractivity contribution >= 4 is 11.6 Å². The van der Waals surface area contributed by atoms with Crippen molar-refractivity contribution in [3.8, 4) is 5.75 Å². The summed E-state index contributed by atoms with van der Waals surface area (Å²) in [6.07, 6.45) is 3.54. The van der Waals surface area contributed by atoms with Gasteiger partial charge in [0.2, 0.25) is 5.91 Å². The number of benzene rings is 1. The molecular weight excluding hydrogens is 228 g/mol. The van der Waals surface area contributed by atoms with Crippen LogP contribution in [0.3, 0.4) is 0 Å². The third-order valence-corrected chi connectivity index (χ3v) is 3.07. The number of carbonyl (C=O) groups excluding carboxylic acids is 1. The molecule has 0 aromatic heterocycles. The predicted octanol–water partition coefficient (Wildman–Crippen LogP) is 1.95. The Hall–Kier alpha value is -1.55. The summed E-state index contributed by atoms with van der Waals surface area (Å²) in [5.41, 5.74) is 2.09. The van der Waals surface area contributed by atoms with Gasteiger partial charge in [0.1, 0.15) is 5.75 Å². The number of ether oxygens (including phenoxy) is 1. The summed E-state index contributed by atoms with van der Waals surface area (Å²) < 4.78 is 5.67. The summed E-state index contributed by atoms with van der Waals surface area (Å²) in [6.45, 7) is 1.73. The van der Waals surface area contributed by atoms with E-state index in [0.717, 1.165) is 37.2 Å². The highest BCUT2D eigenvalue weighted by Crippen LogP contribution is 2.27. The lowest BCUT2D eigenvalue weighted by Gasteiger charge is -2.17. The van der Waals surface area contributed by atoms with E-state index in [9.17, 15) is 4.79 Å². The zero-order valence-corrected chi connectivity index (χ0v) is 10.8. The first-order chi connectivity index (χ1) is 8.79. The molecule has 1 heterocycles. The molecule has 1 aliphatic rings. The smallest absolute Gasteiger partial charge is 0.224 e. The predicted molar refractivity (Wildman–Crippen MR) is 72.0 cm³/mol. The maximum Gasteiger partial charge on any atom is 0.224 e. The highest BCUT2D eigenvalue weighted by molar-refractivity contribution is 5.94. The SMILES string of the molecule is CNCCCCOc1ccc2c(c1)NC(=O)CC2. The second kappa shape index (κ2) is 6.40. The zero-order valence-electron chi connectivity index (χ0n) is 10.8. The molecule has 1 aromatic carbocycles. The molecule has 2 N–H and O–H groups in total. The first kappa shape index (κ1) is 12.9. The summed E-state index contributed by atoms with van der Waals surface area (Å²) in [6, 6.07) is 5.94. The van der Waals surface area contributed by atoms with E-state index in [2.05, 4.69) is 10.6 Å². The Kier molecular flexibility index (Phi) is 4.59. The Morgan fingerprint density at radius 3 is 3.06 bits per heavy atom. The van der Waals surface area contributed by atoms with Gasteiger partial charge >= 0.3 is 0 Å². The maximum absolute atomic E-state index is 11.3. The van der Waals surface area contributed by atoms with Gasteiger partial charge < -0.3 is 15.4 Å². The third-order valence-electron chi connectivity index (χ3n) is 3.07. The van der Waals surface area contributed by atoms with Crippen molar-refractivity contribution in [1.29, 1.82) is 0 Å². The van der Waals surface area contributed by atoms with Gasteiger partial charge in [-0.25, -0.2) is 0 Å². The van der Waals surface area contributed by atoms with Crippen LogP contribution in [0.25, 0.3) is 0 Å². The van der Waals surface area contributed by atoms with Gasteiger partial charge in [-0.15, -0.1) is 0 Å². The molecule has 0 fully saturated rings. The van der Waals surface area contributed by atoms with E-state index in [4.69, 9.17) is 4.74 Å². The Morgan fingerprint density at radius 2 is 2.22 bits per heavy atom. The van der Waals surface area contributed by atoms with E-state index < -0.39 is 0 Å². The lowest BCUT2D eigenvalue weighted by molar-refractivity contribution is -0.116. The summed E-state index contributed by atoms with van der Waals surface area (Å²) >= 11 is 0. The Balaban J connectivity index is 1.86. The van der Waals surface area contributed by atoms with Crippen LogP contribution in [0.5, 0.6) is 5.75 Å². The number of anilines is 1. The second-order valence-electron chi connectivity index (χ2n) is 4.53.